The maximum atomic E-state index is 13.8. The largest absolute Gasteiger partial charge is 0.447 e. The Hall–Kier alpha value is -3.87. The molecule has 0 aliphatic rings. The number of carbonyl (C=O) groups excluding carboxylic acids is 1. The molecule has 152 valence electrons. The number of hydrogen-bond donors (Lipinski definition) is 1. The number of hydrogen-bond acceptors (Lipinski definition) is 4. The van der Waals surface area contributed by atoms with Crippen molar-refractivity contribution < 1.29 is 18.3 Å². The lowest BCUT2D eigenvalue weighted by Crippen LogP contribution is -2.16. The number of aryl methyl sites for hydroxylation is 1. The molecule has 0 aliphatic carbocycles. The van der Waals surface area contributed by atoms with Gasteiger partial charge in [-0.1, -0.05) is 18.7 Å². The van der Waals surface area contributed by atoms with Gasteiger partial charge < -0.3 is 10.1 Å². The average molecular weight is 407 g/mol. The Morgan fingerprint density at radius 2 is 1.90 bits per heavy atom. The zero-order valence-corrected chi connectivity index (χ0v) is 16.4. The van der Waals surface area contributed by atoms with Crippen molar-refractivity contribution in [3.63, 3.8) is 0 Å². The Morgan fingerprint density at radius 3 is 2.50 bits per heavy atom. The molecule has 7 heteroatoms. The van der Waals surface area contributed by atoms with Gasteiger partial charge in [-0.2, -0.15) is 0 Å². The number of rotatable bonds is 5. The minimum atomic E-state index is -0.931. The van der Waals surface area contributed by atoms with Crippen LogP contribution in [0.25, 0.3) is 11.3 Å². The van der Waals surface area contributed by atoms with Crippen LogP contribution < -0.4 is 5.32 Å². The number of amides is 1. The predicted molar refractivity (Wildman–Crippen MR) is 112 cm³/mol. The van der Waals surface area contributed by atoms with Crippen LogP contribution in [-0.4, -0.2) is 23.8 Å². The van der Waals surface area contributed by atoms with Crippen LogP contribution in [0, 0.1) is 18.6 Å². The zero-order valence-electron chi connectivity index (χ0n) is 16.4. The van der Waals surface area contributed by atoms with Gasteiger partial charge in [-0.25, -0.2) is 8.78 Å². The molecule has 0 saturated carbocycles. The molecule has 2 aromatic carbocycles. The van der Waals surface area contributed by atoms with Crippen LogP contribution in [-0.2, 0) is 4.74 Å². The minimum absolute atomic E-state index is 0.311. The highest BCUT2D eigenvalue weighted by Crippen LogP contribution is 2.25. The van der Waals surface area contributed by atoms with E-state index >= 15 is 0 Å². The highest BCUT2D eigenvalue weighted by atomic mass is 19.1. The van der Waals surface area contributed by atoms with Crippen LogP contribution in [0.4, 0.5) is 14.5 Å². The van der Waals surface area contributed by atoms with Gasteiger partial charge in [-0.05, 0) is 48.9 Å². The molecule has 0 fully saturated rings. The molecular weight excluding hydrogens is 388 g/mol. The normalized spacial score (nSPS) is 11.1. The van der Waals surface area contributed by atoms with Gasteiger partial charge in [0.1, 0.15) is 17.2 Å². The Bertz CT molecular complexity index is 1110. The minimum Gasteiger partial charge on any atom is -0.447 e. The summed E-state index contributed by atoms with van der Waals surface area (Å²) in [4.78, 5) is 20.7. The number of nitrogens with zero attached hydrogens (tertiary/aromatic N) is 2. The second-order valence-corrected chi connectivity index (χ2v) is 6.33. The smallest absolute Gasteiger partial charge is 0.261 e. The predicted octanol–water partition coefficient (Wildman–Crippen LogP) is 5.12. The molecule has 0 spiro atoms. The maximum Gasteiger partial charge on any atom is 0.261 e. The molecule has 0 radical (unpaired) electrons. The molecule has 1 amide bonds. The Labute approximate surface area is 172 Å². The quantitative estimate of drug-likeness (QED) is 0.363. The summed E-state index contributed by atoms with van der Waals surface area (Å²) in [5, 5.41) is 2.46. The summed E-state index contributed by atoms with van der Waals surface area (Å²) in [6.07, 6.45) is 2.73. The van der Waals surface area contributed by atoms with Crippen LogP contribution >= 0.6 is 0 Å². The first kappa shape index (κ1) is 20.9. The highest BCUT2D eigenvalue weighted by Gasteiger charge is 2.17. The third kappa shape index (κ3) is 4.41. The van der Waals surface area contributed by atoms with Crippen molar-refractivity contribution in [2.24, 2.45) is 4.99 Å². The summed E-state index contributed by atoms with van der Waals surface area (Å²) in [7, 11) is 1.62. The molecule has 0 bridgehead atoms. The SMILES string of the molecule is C=CO/C(=N\C)c1ccc(C)c(-c2ccc(NC(=O)c3c(F)cccc3F)cn2)c1. The molecule has 30 heavy (non-hydrogen) atoms. The van der Waals surface area contributed by atoms with Crippen LogP contribution in [0.3, 0.4) is 0 Å². The van der Waals surface area contributed by atoms with E-state index in [1.54, 1.807) is 19.2 Å². The number of halogens is 2. The van der Waals surface area contributed by atoms with E-state index in [4.69, 9.17) is 4.74 Å². The Balaban J connectivity index is 1.86. The lowest BCUT2D eigenvalue weighted by molar-refractivity contribution is 0.101. The standard InChI is InChI=1S/C23H19F2N3O2/c1-4-30-23(26-3)15-9-8-14(2)17(12-15)20-11-10-16(13-27-20)28-22(29)21-18(24)6-5-7-19(21)25/h4-13H,1H2,2-3H3,(H,28,29)/b26-23-. The van der Waals surface area contributed by atoms with E-state index in [0.29, 0.717) is 17.3 Å². The van der Waals surface area contributed by atoms with E-state index in [0.717, 1.165) is 28.8 Å². The van der Waals surface area contributed by atoms with Crippen molar-refractivity contribution in [2.75, 3.05) is 12.4 Å². The van der Waals surface area contributed by atoms with E-state index in [9.17, 15) is 13.6 Å². The van der Waals surface area contributed by atoms with Crippen LogP contribution in [0.5, 0.6) is 0 Å². The van der Waals surface area contributed by atoms with Gasteiger partial charge in [0, 0.05) is 18.2 Å². The first-order valence-electron chi connectivity index (χ1n) is 9.01. The molecule has 1 heterocycles. The summed E-state index contributed by atoms with van der Waals surface area (Å²) in [6.45, 7) is 5.48. The molecule has 0 saturated heterocycles. The average Bonchev–Trinajstić information content (AvgIpc) is 2.73. The monoisotopic (exact) mass is 407 g/mol. The fraction of sp³-hybridized carbons (Fsp3) is 0.0870. The summed E-state index contributed by atoms with van der Waals surface area (Å²) in [6, 6.07) is 12.2. The third-order valence-electron chi connectivity index (χ3n) is 4.37. The molecular formula is C23H19F2N3O2. The van der Waals surface area contributed by atoms with Crippen molar-refractivity contribution >= 4 is 17.5 Å². The Kier molecular flexibility index (Phi) is 6.32. The second-order valence-electron chi connectivity index (χ2n) is 6.33. The van der Waals surface area contributed by atoms with E-state index in [1.165, 1.54) is 18.5 Å². The topological polar surface area (TPSA) is 63.6 Å². The maximum absolute atomic E-state index is 13.8. The summed E-state index contributed by atoms with van der Waals surface area (Å²) >= 11 is 0. The van der Waals surface area contributed by atoms with Crippen molar-refractivity contribution in [1.82, 2.24) is 4.98 Å². The first-order valence-corrected chi connectivity index (χ1v) is 9.01. The fourth-order valence-electron chi connectivity index (χ4n) is 2.90. The lowest BCUT2D eigenvalue weighted by atomic mass is 10.0. The molecule has 1 N–H and O–H groups in total. The Morgan fingerprint density at radius 1 is 1.17 bits per heavy atom. The molecule has 0 unspecified atom stereocenters. The van der Waals surface area contributed by atoms with Crippen molar-refractivity contribution in [3.8, 4) is 11.3 Å². The van der Waals surface area contributed by atoms with Gasteiger partial charge in [0.05, 0.1) is 23.8 Å². The summed E-state index contributed by atoms with van der Waals surface area (Å²) in [5.74, 6) is -2.33. The molecule has 3 rings (SSSR count). The molecule has 5 nitrogen and oxygen atoms in total. The summed E-state index contributed by atoms with van der Waals surface area (Å²) < 4.78 is 32.9. The first-order chi connectivity index (χ1) is 14.4. The number of benzene rings is 2. The van der Waals surface area contributed by atoms with E-state index in [2.05, 4.69) is 21.9 Å². The third-order valence-corrected chi connectivity index (χ3v) is 4.37. The second kappa shape index (κ2) is 9.09. The zero-order chi connectivity index (χ0) is 21.7. The van der Waals surface area contributed by atoms with E-state index in [1.807, 2.05) is 25.1 Å². The van der Waals surface area contributed by atoms with Gasteiger partial charge in [0.15, 0.2) is 0 Å². The lowest BCUT2D eigenvalue weighted by Gasteiger charge is -2.11. The van der Waals surface area contributed by atoms with E-state index in [-0.39, 0.29) is 0 Å². The van der Waals surface area contributed by atoms with Gasteiger partial charge >= 0.3 is 0 Å². The number of carbonyl (C=O) groups is 1. The van der Waals surface area contributed by atoms with Crippen molar-refractivity contribution in [3.05, 3.63) is 95.9 Å². The van der Waals surface area contributed by atoms with Gasteiger partial charge in [0.25, 0.3) is 5.91 Å². The number of ether oxygens (including phenoxy) is 1. The number of nitrogens with one attached hydrogen (secondary N) is 1. The number of anilines is 1. The van der Waals surface area contributed by atoms with Crippen molar-refractivity contribution in [2.45, 2.75) is 6.92 Å². The van der Waals surface area contributed by atoms with Gasteiger partial charge in [-0.3, -0.25) is 14.8 Å². The highest BCUT2D eigenvalue weighted by molar-refractivity contribution is 6.04. The molecule has 3 aromatic rings. The van der Waals surface area contributed by atoms with Crippen LogP contribution in [0.15, 0.2) is 72.6 Å². The molecule has 1 aromatic heterocycles. The molecule has 0 aliphatic heterocycles. The van der Waals surface area contributed by atoms with Crippen LogP contribution in [0.1, 0.15) is 21.5 Å². The van der Waals surface area contributed by atoms with E-state index < -0.39 is 23.1 Å². The van der Waals surface area contributed by atoms with Crippen molar-refractivity contribution in [1.29, 1.82) is 0 Å². The number of pyridine rings is 1. The van der Waals surface area contributed by atoms with Gasteiger partial charge in [0.2, 0.25) is 5.90 Å². The summed E-state index contributed by atoms with van der Waals surface area (Å²) in [5.41, 5.74) is 2.90. The number of aliphatic imine (C=N–C) groups is 1. The van der Waals surface area contributed by atoms with Crippen LogP contribution in [0.2, 0.25) is 0 Å². The van der Waals surface area contributed by atoms with Gasteiger partial charge in [-0.15, -0.1) is 0 Å². The number of aromatic nitrogens is 1. The fourth-order valence-corrected chi connectivity index (χ4v) is 2.90. The molecule has 0 atom stereocenters.